The fourth-order valence-electron chi connectivity index (χ4n) is 2.28. The van der Waals surface area contributed by atoms with Crippen molar-refractivity contribution >= 4 is 29.8 Å². The lowest BCUT2D eigenvalue weighted by Gasteiger charge is -2.05. The van der Waals surface area contributed by atoms with E-state index in [0.717, 1.165) is 11.1 Å². The molecule has 0 aliphatic heterocycles. The second kappa shape index (κ2) is 21.2. The Kier molecular flexibility index (Phi) is 20.0. The van der Waals surface area contributed by atoms with Gasteiger partial charge in [-0.1, -0.05) is 42.5 Å². The molecular weight excluding hydrogens is 548 g/mol. The number of aliphatic hydroxyl groups excluding tert-OH is 1. The standard InChI is InChI=1S/C9H11NO3.C9H11NO2.C4H7NO4.C3H7NO3/c10-8(9(12)13)5-6-1-3-7(11)4-2-6;10-8(9(11)12)6-7-4-2-1-3-5-7;5-2(4(8)9)1-3(6)7;4-2(1-5)3(6)7/h1-4,8,11H,5,10H2,(H,12,13);1-5,8H,6,10H2,(H,11,12);2H,1,5H2,(H,6,7)(H,8,9);2,5H,1,4H2,(H,6,7)/t2*8-;2*2-/m0000/s1. The zero-order chi connectivity index (χ0) is 32.1. The molecule has 2 aromatic carbocycles. The maximum absolute atomic E-state index is 10.4. The molecule has 228 valence electrons. The lowest BCUT2D eigenvalue weighted by molar-refractivity contribution is -0.144. The van der Waals surface area contributed by atoms with Gasteiger partial charge in [-0.15, -0.1) is 0 Å². The number of phenolic OH excluding ortho intramolecular Hbond substituents is 1. The number of carboxylic acid groups (broad SMARTS) is 5. The zero-order valence-electron chi connectivity index (χ0n) is 21.8. The van der Waals surface area contributed by atoms with E-state index in [2.05, 4.69) is 0 Å². The van der Waals surface area contributed by atoms with Gasteiger partial charge in [-0.05, 0) is 36.1 Å². The predicted molar refractivity (Wildman–Crippen MR) is 144 cm³/mol. The van der Waals surface area contributed by atoms with Crippen molar-refractivity contribution in [3.63, 3.8) is 0 Å². The SMILES string of the molecule is N[C@@H](CC(=O)O)C(=O)O.N[C@@H](CO)C(=O)O.N[C@@H](Cc1ccc(O)cc1)C(=O)O.N[C@@H](Cc1ccccc1)C(=O)O. The summed E-state index contributed by atoms with van der Waals surface area (Å²) < 4.78 is 0. The minimum atomic E-state index is -1.29. The highest BCUT2D eigenvalue weighted by molar-refractivity contribution is 5.80. The highest BCUT2D eigenvalue weighted by atomic mass is 16.4. The van der Waals surface area contributed by atoms with Crippen molar-refractivity contribution in [3.8, 4) is 5.75 Å². The summed E-state index contributed by atoms with van der Waals surface area (Å²) in [5, 5.41) is 57.9. The molecule has 2 rings (SSSR count). The van der Waals surface area contributed by atoms with Gasteiger partial charge in [0.15, 0.2) is 0 Å². The molecule has 0 unspecified atom stereocenters. The van der Waals surface area contributed by atoms with Gasteiger partial charge in [0.25, 0.3) is 0 Å². The summed E-state index contributed by atoms with van der Waals surface area (Å²) in [5.41, 5.74) is 22.0. The van der Waals surface area contributed by atoms with E-state index in [0.29, 0.717) is 6.42 Å². The van der Waals surface area contributed by atoms with Crippen LogP contribution in [0.3, 0.4) is 0 Å². The van der Waals surface area contributed by atoms with Gasteiger partial charge in [0.05, 0.1) is 13.0 Å². The van der Waals surface area contributed by atoms with Crippen LogP contribution in [0.5, 0.6) is 5.75 Å². The first-order valence-corrected chi connectivity index (χ1v) is 11.6. The van der Waals surface area contributed by atoms with Crippen LogP contribution in [0.15, 0.2) is 54.6 Å². The van der Waals surface area contributed by atoms with Crippen LogP contribution < -0.4 is 22.9 Å². The van der Waals surface area contributed by atoms with Crippen molar-refractivity contribution in [3.05, 3.63) is 65.7 Å². The van der Waals surface area contributed by atoms with Gasteiger partial charge in [0.2, 0.25) is 0 Å². The number of nitrogens with two attached hydrogens (primary N) is 4. The van der Waals surface area contributed by atoms with E-state index >= 15 is 0 Å². The molecule has 16 nitrogen and oxygen atoms in total. The number of aliphatic carboxylic acids is 5. The van der Waals surface area contributed by atoms with E-state index in [-0.39, 0.29) is 12.2 Å². The summed E-state index contributed by atoms with van der Waals surface area (Å²) in [6, 6.07) is 11.6. The molecule has 2 aromatic rings. The maximum atomic E-state index is 10.4. The molecule has 0 saturated heterocycles. The largest absolute Gasteiger partial charge is 0.508 e. The minimum Gasteiger partial charge on any atom is -0.508 e. The molecule has 0 heterocycles. The smallest absolute Gasteiger partial charge is 0.322 e. The van der Waals surface area contributed by atoms with Crippen LogP contribution in [0.4, 0.5) is 0 Å². The first kappa shape index (κ1) is 38.5. The Morgan fingerprint density at radius 1 is 0.561 bits per heavy atom. The van der Waals surface area contributed by atoms with Crippen LogP contribution >= 0.6 is 0 Å². The van der Waals surface area contributed by atoms with Gasteiger partial charge in [-0.2, -0.15) is 0 Å². The van der Waals surface area contributed by atoms with Crippen molar-refractivity contribution < 1.29 is 59.7 Å². The monoisotopic (exact) mass is 584 g/mol. The number of carboxylic acids is 5. The maximum Gasteiger partial charge on any atom is 0.322 e. The van der Waals surface area contributed by atoms with E-state index in [4.69, 9.17) is 58.7 Å². The lowest BCUT2D eigenvalue weighted by atomic mass is 10.1. The Hall–Kier alpha value is -4.61. The number of aliphatic hydroxyl groups is 1. The average molecular weight is 585 g/mol. The molecule has 0 amide bonds. The van der Waals surface area contributed by atoms with E-state index in [9.17, 15) is 24.0 Å². The number of phenols is 1. The average Bonchev–Trinajstić information content (AvgIpc) is 2.90. The van der Waals surface area contributed by atoms with Crippen molar-refractivity contribution in [2.45, 2.75) is 43.4 Å². The summed E-state index contributed by atoms with van der Waals surface area (Å²) in [7, 11) is 0. The van der Waals surface area contributed by atoms with E-state index < -0.39 is 67.0 Å². The fourth-order valence-corrected chi connectivity index (χ4v) is 2.28. The number of aromatic hydroxyl groups is 1. The van der Waals surface area contributed by atoms with Crippen molar-refractivity contribution in [1.82, 2.24) is 0 Å². The van der Waals surface area contributed by atoms with Gasteiger partial charge >= 0.3 is 29.8 Å². The summed E-state index contributed by atoms with van der Waals surface area (Å²) in [4.78, 5) is 50.0. The quantitative estimate of drug-likeness (QED) is 0.139. The van der Waals surface area contributed by atoms with Crippen LogP contribution in [-0.4, -0.2) is 96.4 Å². The summed E-state index contributed by atoms with van der Waals surface area (Å²) in [5.74, 6) is -5.50. The lowest BCUT2D eigenvalue weighted by Crippen LogP contribution is -2.33. The Morgan fingerprint density at radius 3 is 1.20 bits per heavy atom. The Labute approximate surface area is 234 Å². The highest BCUT2D eigenvalue weighted by Gasteiger charge is 2.14. The van der Waals surface area contributed by atoms with Gasteiger partial charge in [-0.25, -0.2) is 0 Å². The predicted octanol–water partition coefficient (Wildman–Crippen LogP) is -1.75. The van der Waals surface area contributed by atoms with Crippen LogP contribution in [-0.2, 0) is 36.8 Å². The molecule has 4 atom stereocenters. The molecular formula is C25H36N4O12. The van der Waals surface area contributed by atoms with Crippen LogP contribution in [0.1, 0.15) is 17.5 Å². The third-order valence-corrected chi connectivity index (χ3v) is 4.55. The molecule has 0 aliphatic carbocycles. The normalized spacial score (nSPS) is 12.6. The van der Waals surface area contributed by atoms with Crippen molar-refractivity contribution in [2.75, 3.05) is 6.61 Å². The molecule has 0 aliphatic rings. The number of rotatable bonds is 11. The number of hydrogen-bond donors (Lipinski definition) is 11. The Morgan fingerprint density at radius 2 is 0.927 bits per heavy atom. The fraction of sp³-hybridized carbons (Fsp3) is 0.320. The number of carbonyl (C=O) groups is 5. The third kappa shape index (κ3) is 21.0. The van der Waals surface area contributed by atoms with Gasteiger partial charge in [0.1, 0.15) is 29.9 Å². The summed E-state index contributed by atoms with van der Waals surface area (Å²) in [6.45, 7) is -0.505. The van der Waals surface area contributed by atoms with Crippen LogP contribution in [0, 0.1) is 0 Å². The third-order valence-electron chi connectivity index (χ3n) is 4.55. The molecule has 0 bridgehead atoms. The van der Waals surface area contributed by atoms with E-state index in [1.165, 1.54) is 12.1 Å². The molecule has 0 saturated carbocycles. The second-order valence-electron chi connectivity index (χ2n) is 8.12. The topological polar surface area (TPSA) is 331 Å². The van der Waals surface area contributed by atoms with Crippen molar-refractivity contribution in [1.29, 1.82) is 0 Å². The van der Waals surface area contributed by atoms with Gasteiger partial charge in [0, 0.05) is 0 Å². The summed E-state index contributed by atoms with van der Waals surface area (Å²) >= 11 is 0. The molecule has 0 spiro atoms. The molecule has 15 N–H and O–H groups in total. The molecule has 0 radical (unpaired) electrons. The first-order chi connectivity index (χ1) is 19.0. The number of hydrogen-bond acceptors (Lipinski definition) is 11. The molecule has 0 aromatic heterocycles. The molecule has 16 heteroatoms. The Bertz CT molecular complexity index is 1080. The minimum absolute atomic E-state index is 0.160. The van der Waals surface area contributed by atoms with Crippen molar-refractivity contribution in [2.24, 2.45) is 22.9 Å². The number of benzene rings is 2. The van der Waals surface area contributed by atoms with E-state index in [1.807, 2.05) is 30.3 Å². The van der Waals surface area contributed by atoms with Crippen LogP contribution in [0.25, 0.3) is 0 Å². The van der Waals surface area contributed by atoms with Crippen LogP contribution in [0.2, 0.25) is 0 Å². The molecule has 0 fully saturated rings. The molecule has 41 heavy (non-hydrogen) atoms. The Balaban J connectivity index is 0. The summed E-state index contributed by atoms with van der Waals surface area (Å²) in [6.07, 6.45) is 0.126. The van der Waals surface area contributed by atoms with Gasteiger partial charge < -0.3 is 58.7 Å². The first-order valence-electron chi connectivity index (χ1n) is 11.6. The second-order valence-corrected chi connectivity index (χ2v) is 8.12. The highest BCUT2D eigenvalue weighted by Crippen LogP contribution is 2.10. The van der Waals surface area contributed by atoms with Gasteiger partial charge in [-0.3, -0.25) is 24.0 Å². The van der Waals surface area contributed by atoms with E-state index in [1.54, 1.807) is 12.1 Å². The zero-order valence-corrected chi connectivity index (χ0v) is 21.8.